The number of hydrogen-bond donors (Lipinski definition) is 1. The van der Waals surface area contributed by atoms with Crippen LogP contribution in [0.4, 0.5) is 0 Å². The summed E-state index contributed by atoms with van der Waals surface area (Å²) in [5.41, 5.74) is 2.40. The lowest BCUT2D eigenvalue weighted by atomic mass is 10.1. The van der Waals surface area contributed by atoms with Gasteiger partial charge in [-0.3, -0.25) is 9.78 Å². The molecule has 0 aliphatic rings. The zero-order valence-corrected chi connectivity index (χ0v) is 13.6. The Bertz CT molecular complexity index is 1180. The van der Waals surface area contributed by atoms with Gasteiger partial charge in [-0.25, -0.2) is 14.3 Å². The highest BCUT2D eigenvalue weighted by Gasteiger charge is 2.14. The number of nitrogens with one attached hydrogen (secondary N) is 1. The number of hydrogen-bond acceptors (Lipinski definition) is 3. The Morgan fingerprint density at radius 1 is 0.920 bits per heavy atom. The minimum absolute atomic E-state index is 0.307. The quantitative estimate of drug-likeness (QED) is 0.614. The first-order valence-corrected chi connectivity index (χ1v) is 7.92. The molecule has 0 saturated heterocycles. The monoisotopic (exact) mass is 329 g/mol. The lowest BCUT2D eigenvalue weighted by Crippen LogP contribution is -2.34. The van der Waals surface area contributed by atoms with Crippen LogP contribution < -0.4 is 11.2 Å². The number of rotatable bonds is 2. The van der Waals surface area contributed by atoms with Crippen molar-refractivity contribution in [2.45, 2.75) is 6.92 Å². The van der Waals surface area contributed by atoms with Crippen LogP contribution in [0.25, 0.3) is 28.0 Å². The van der Waals surface area contributed by atoms with Gasteiger partial charge in [0.05, 0.1) is 16.8 Å². The fraction of sp³-hybridized carbons (Fsp3) is 0.0500. The summed E-state index contributed by atoms with van der Waals surface area (Å²) in [5.74, 6) is 0. The number of benzene rings is 2. The van der Waals surface area contributed by atoms with E-state index in [1.807, 2.05) is 49.4 Å². The van der Waals surface area contributed by atoms with Crippen LogP contribution in [0.15, 0.2) is 76.3 Å². The average Bonchev–Trinajstić information content (AvgIpc) is 2.62. The van der Waals surface area contributed by atoms with Crippen molar-refractivity contribution in [2.24, 2.45) is 0 Å². The van der Waals surface area contributed by atoms with Gasteiger partial charge in [-0.05, 0) is 30.7 Å². The van der Waals surface area contributed by atoms with E-state index in [1.165, 1.54) is 0 Å². The number of aryl methyl sites for hydroxylation is 1. The number of pyridine rings is 1. The zero-order chi connectivity index (χ0) is 17.4. The fourth-order valence-electron chi connectivity index (χ4n) is 2.96. The van der Waals surface area contributed by atoms with Crippen molar-refractivity contribution in [3.63, 3.8) is 0 Å². The molecule has 0 saturated carbocycles. The van der Waals surface area contributed by atoms with E-state index in [0.717, 1.165) is 21.4 Å². The van der Waals surface area contributed by atoms with Crippen molar-refractivity contribution in [3.05, 3.63) is 93.1 Å². The molecule has 0 bridgehead atoms. The van der Waals surface area contributed by atoms with Gasteiger partial charge in [-0.1, -0.05) is 48.5 Å². The molecule has 0 amide bonds. The van der Waals surface area contributed by atoms with Crippen molar-refractivity contribution in [2.75, 3.05) is 0 Å². The van der Waals surface area contributed by atoms with Gasteiger partial charge < -0.3 is 0 Å². The second-order valence-corrected chi connectivity index (χ2v) is 5.82. The molecular formula is C20H15N3O2. The second kappa shape index (κ2) is 5.87. The molecule has 0 unspecified atom stereocenters. The van der Waals surface area contributed by atoms with Crippen molar-refractivity contribution >= 4 is 11.0 Å². The Balaban J connectivity index is 2.02. The van der Waals surface area contributed by atoms with Crippen LogP contribution in [-0.2, 0) is 0 Å². The van der Waals surface area contributed by atoms with Gasteiger partial charge in [0, 0.05) is 5.56 Å². The molecule has 4 rings (SSSR count). The first kappa shape index (κ1) is 15.1. The van der Waals surface area contributed by atoms with E-state index in [1.54, 1.807) is 24.3 Å². The molecular weight excluding hydrogens is 314 g/mol. The Labute approximate surface area is 143 Å². The molecule has 0 aliphatic carbocycles. The summed E-state index contributed by atoms with van der Waals surface area (Å²) in [6.45, 7) is 1.85. The van der Waals surface area contributed by atoms with Crippen LogP contribution in [-0.4, -0.2) is 14.5 Å². The number of fused-ring (bicyclic) bond motifs is 1. The van der Waals surface area contributed by atoms with Crippen LogP contribution in [0.3, 0.4) is 0 Å². The molecule has 2 heterocycles. The largest absolute Gasteiger partial charge is 0.334 e. The highest BCUT2D eigenvalue weighted by atomic mass is 16.2. The maximum absolute atomic E-state index is 12.9. The summed E-state index contributed by atoms with van der Waals surface area (Å²) in [5, 5.41) is 0.420. The third kappa shape index (κ3) is 2.55. The SMILES string of the molecule is Cc1cc(-c2ccccc2)nc2[nH]c(=O)n(-c3ccccc3)c(=O)c12. The Hall–Kier alpha value is -3.47. The summed E-state index contributed by atoms with van der Waals surface area (Å²) in [4.78, 5) is 32.6. The molecule has 2 aromatic heterocycles. The van der Waals surface area contributed by atoms with Crippen molar-refractivity contribution in [3.8, 4) is 16.9 Å². The third-order valence-corrected chi connectivity index (χ3v) is 4.15. The highest BCUT2D eigenvalue weighted by molar-refractivity contribution is 5.81. The molecule has 0 radical (unpaired) electrons. The maximum Gasteiger partial charge on any atom is 0.334 e. The number of nitrogens with zero attached hydrogens (tertiary/aromatic N) is 2. The Morgan fingerprint density at radius 3 is 2.24 bits per heavy atom. The van der Waals surface area contributed by atoms with Crippen molar-refractivity contribution in [1.82, 2.24) is 14.5 Å². The predicted octanol–water partition coefficient (Wildman–Crippen LogP) is 3.05. The predicted molar refractivity (Wildman–Crippen MR) is 98.1 cm³/mol. The van der Waals surface area contributed by atoms with Gasteiger partial charge >= 0.3 is 5.69 Å². The number of H-pyrrole nitrogens is 1. The van der Waals surface area contributed by atoms with Crippen molar-refractivity contribution in [1.29, 1.82) is 0 Å². The van der Waals surface area contributed by atoms with E-state index < -0.39 is 5.69 Å². The zero-order valence-electron chi connectivity index (χ0n) is 13.6. The summed E-state index contributed by atoms with van der Waals surface area (Å²) in [6, 6.07) is 20.4. The molecule has 1 N–H and O–H groups in total. The first-order chi connectivity index (χ1) is 12.1. The number of aromatic nitrogens is 3. The van der Waals surface area contributed by atoms with Gasteiger partial charge in [0.25, 0.3) is 5.56 Å². The van der Waals surface area contributed by atoms with Crippen LogP contribution in [0.1, 0.15) is 5.56 Å². The maximum atomic E-state index is 12.9. The number of para-hydroxylation sites is 1. The van der Waals surface area contributed by atoms with Gasteiger partial charge in [0.1, 0.15) is 5.65 Å². The highest BCUT2D eigenvalue weighted by Crippen LogP contribution is 2.21. The second-order valence-electron chi connectivity index (χ2n) is 5.82. The first-order valence-electron chi connectivity index (χ1n) is 7.92. The minimum atomic E-state index is -0.499. The molecule has 0 aliphatic heterocycles. The van der Waals surface area contributed by atoms with Crippen LogP contribution in [0.5, 0.6) is 0 Å². The summed E-state index contributed by atoms with van der Waals surface area (Å²) >= 11 is 0. The fourth-order valence-corrected chi connectivity index (χ4v) is 2.96. The molecule has 25 heavy (non-hydrogen) atoms. The van der Waals surface area contributed by atoms with Crippen LogP contribution in [0, 0.1) is 6.92 Å². The van der Waals surface area contributed by atoms with Crippen LogP contribution >= 0.6 is 0 Å². The number of aromatic amines is 1. The van der Waals surface area contributed by atoms with E-state index in [0.29, 0.717) is 16.7 Å². The summed E-state index contributed by atoms with van der Waals surface area (Å²) in [7, 11) is 0. The molecule has 0 spiro atoms. The van der Waals surface area contributed by atoms with E-state index in [9.17, 15) is 9.59 Å². The molecule has 122 valence electrons. The van der Waals surface area contributed by atoms with E-state index in [-0.39, 0.29) is 5.56 Å². The summed E-state index contributed by atoms with van der Waals surface area (Å²) in [6.07, 6.45) is 0. The van der Waals surface area contributed by atoms with E-state index in [4.69, 9.17) is 0 Å². The normalized spacial score (nSPS) is 10.9. The van der Waals surface area contributed by atoms with E-state index >= 15 is 0 Å². The van der Waals surface area contributed by atoms with Gasteiger partial charge in [-0.15, -0.1) is 0 Å². The van der Waals surface area contributed by atoms with Crippen LogP contribution in [0.2, 0.25) is 0 Å². The van der Waals surface area contributed by atoms with Gasteiger partial charge in [0.2, 0.25) is 0 Å². The molecule has 0 fully saturated rings. The van der Waals surface area contributed by atoms with Crippen molar-refractivity contribution < 1.29 is 0 Å². The average molecular weight is 329 g/mol. The smallest absolute Gasteiger partial charge is 0.291 e. The standard InChI is InChI=1S/C20H15N3O2/c1-13-12-16(14-8-4-2-5-9-14)21-18-17(13)19(24)23(20(25)22-18)15-10-6-3-7-11-15/h2-12H,1H3,(H,21,22,25). The molecule has 5 heteroatoms. The van der Waals surface area contributed by atoms with Gasteiger partial charge in [-0.2, -0.15) is 0 Å². The summed E-state index contributed by atoms with van der Waals surface area (Å²) < 4.78 is 1.14. The lowest BCUT2D eigenvalue weighted by Gasteiger charge is -2.09. The molecule has 2 aromatic carbocycles. The molecule has 0 atom stereocenters. The molecule has 5 nitrogen and oxygen atoms in total. The topological polar surface area (TPSA) is 67.8 Å². The third-order valence-electron chi connectivity index (χ3n) is 4.15. The van der Waals surface area contributed by atoms with E-state index in [2.05, 4.69) is 9.97 Å². The van der Waals surface area contributed by atoms with Gasteiger partial charge in [0.15, 0.2) is 0 Å². The lowest BCUT2D eigenvalue weighted by molar-refractivity contribution is 0.894. The Morgan fingerprint density at radius 2 is 1.56 bits per heavy atom. The Kier molecular flexibility index (Phi) is 3.54. The molecule has 4 aromatic rings. The minimum Gasteiger partial charge on any atom is -0.291 e.